The molecule has 0 aromatic heterocycles. The molecule has 1 aromatic rings. The molecule has 0 spiro atoms. The smallest absolute Gasteiger partial charge is 0.286 e. The van der Waals surface area contributed by atoms with Gasteiger partial charge >= 0.3 is 0 Å². The monoisotopic (exact) mass is 344 g/mol. The lowest BCUT2D eigenvalue weighted by Crippen LogP contribution is -2.42. The van der Waals surface area contributed by atoms with E-state index < -0.39 is 0 Å². The molecule has 2 heterocycles. The second-order valence-corrected chi connectivity index (χ2v) is 7.74. The Morgan fingerprint density at radius 1 is 1.08 bits per heavy atom. The number of carbonyl (C=O) groups excluding carboxylic acids is 2. The average molecular weight is 344 g/mol. The minimum Gasteiger partial charge on any atom is -0.286 e. The third kappa shape index (κ3) is 3.90. The van der Waals surface area contributed by atoms with Crippen LogP contribution in [0.3, 0.4) is 0 Å². The summed E-state index contributed by atoms with van der Waals surface area (Å²) in [7, 11) is 0. The lowest BCUT2D eigenvalue weighted by molar-refractivity contribution is -0.124. The van der Waals surface area contributed by atoms with Crippen molar-refractivity contribution in [3.05, 3.63) is 40.3 Å². The topological polar surface area (TPSA) is 40.6 Å². The predicted octanol–water partition coefficient (Wildman–Crippen LogP) is 4.29. The van der Waals surface area contributed by atoms with Crippen molar-refractivity contribution >= 4 is 29.0 Å². The largest absolute Gasteiger partial charge is 0.294 e. The van der Waals surface area contributed by atoms with Crippen molar-refractivity contribution in [2.24, 2.45) is 0 Å². The molecule has 5 heteroatoms. The molecule has 2 aliphatic heterocycles. The van der Waals surface area contributed by atoms with Crippen molar-refractivity contribution < 1.29 is 9.59 Å². The van der Waals surface area contributed by atoms with E-state index >= 15 is 0 Å². The Kier molecular flexibility index (Phi) is 5.41. The summed E-state index contributed by atoms with van der Waals surface area (Å²) < 4.78 is 0. The number of nitrogens with zero attached hydrogens (tertiary/aromatic N) is 2. The van der Waals surface area contributed by atoms with Gasteiger partial charge in [0.05, 0.1) is 11.6 Å². The summed E-state index contributed by atoms with van der Waals surface area (Å²) in [5.41, 5.74) is 2.23. The molecule has 0 bridgehead atoms. The number of rotatable bonds is 4. The van der Waals surface area contributed by atoms with Gasteiger partial charge in [-0.3, -0.25) is 19.4 Å². The highest BCUT2D eigenvalue weighted by atomic mass is 32.2. The van der Waals surface area contributed by atoms with Crippen molar-refractivity contribution in [2.45, 2.75) is 39.0 Å². The molecule has 2 fully saturated rings. The number of imide groups is 1. The summed E-state index contributed by atoms with van der Waals surface area (Å²) in [6, 6.07) is 8.17. The minimum atomic E-state index is -0.163. The summed E-state index contributed by atoms with van der Waals surface area (Å²) in [4.78, 5) is 28.9. The van der Waals surface area contributed by atoms with E-state index in [-0.39, 0.29) is 11.1 Å². The quantitative estimate of drug-likeness (QED) is 0.764. The van der Waals surface area contributed by atoms with Gasteiger partial charge in [0, 0.05) is 0 Å². The summed E-state index contributed by atoms with van der Waals surface area (Å²) >= 11 is 1.05. The van der Waals surface area contributed by atoms with Crippen LogP contribution in [0.25, 0.3) is 6.08 Å². The van der Waals surface area contributed by atoms with Crippen LogP contribution in [0.2, 0.25) is 0 Å². The first-order valence-corrected chi connectivity index (χ1v) is 9.44. The first-order chi connectivity index (χ1) is 11.5. The van der Waals surface area contributed by atoms with Crippen molar-refractivity contribution in [3.63, 3.8) is 0 Å². The highest BCUT2D eigenvalue weighted by Gasteiger charge is 2.36. The Morgan fingerprint density at radius 3 is 2.38 bits per heavy atom. The van der Waals surface area contributed by atoms with Gasteiger partial charge in [0.15, 0.2) is 0 Å². The number of carbonyl (C=O) groups is 2. The maximum absolute atomic E-state index is 12.6. The molecule has 2 saturated heterocycles. The SMILES string of the molecule is CC(C)c1ccc(/C=C2\SC(=O)N(CN3CCCCC3)C2=O)cc1. The van der Waals surface area contributed by atoms with Crippen LogP contribution in [0.4, 0.5) is 4.79 Å². The molecule has 2 aliphatic rings. The van der Waals surface area contributed by atoms with Gasteiger partial charge in [0.1, 0.15) is 0 Å². The first-order valence-electron chi connectivity index (χ1n) is 8.62. The van der Waals surface area contributed by atoms with E-state index in [1.807, 2.05) is 18.2 Å². The molecule has 0 aliphatic carbocycles. The summed E-state index contributed by atoms with van der Waals surface area (Å²) in [5.74, 6) is 0.319. The predicted molar refractivity (Wildman–Crippen MR) is 98.6 cm³/mol. The average Bonchev–Trinajstić information content (AvgIpc) is 2.84. The van der Waals surface area contributed by atoms with Gasteiger partial charge in [-0.05, 0) is 60.8 Å². The second-order valence-electron chi connectivity index (χ2n) is 6.75. The maximum Gasteiger partial charge on any atom is 0.294 e. The first kappa shape index (κ1) is 17.2. The molecule has 0 N–H and O–H groups in total. The molecule has 0 radical (unpaired) electrons. The standard InChI is InChI=1S/C19H24N2O2S/c1-14(2)16-8-6-15(7-9-16)12-17-18(22)21(19(23)24-17)13-20-10-4-3-5-11-20/h6-9,12,14H,3-5,10-11,13H2,1-2H3/b17-12-. The van der Waals surface area contributed by atoms with Gasteiger partial charge in [0.2, 0.25) is 0 Å². The zero-order valence-electron chi connectivity index (χ0n) is 14.3. The molecule has 4 nitrogen and oxygen atoms in total. The van der Waals surface area contributed by atoms with Crippen molar-refractivity contribution in [3.8, 4) is 0 Å². The van der Waals surface area contributed by atoms with Crippen molar-refractivity contribution in [1.29, 1.82) is 0 Å². The highest BCUT2D eigenvalue weighted by Crippen LogP contribution is 2.32. The van der Waals surface area contributed by atoms with Gasteiger partial charge in [0.25, 0.3) is 11.1 Å². The molecule has 2 amide bonds. The Bertz CT molecular complexity index is 646. The fourth-order valence-corrected chi connectivity index (χ4v) is 3.88. The van der Waals surface area contributed by atoms with Crippen LogP contribution in [0, 0.1) is 0 Å². The van der Waals surface area contributed by atoms with Crippen LogP contribution in [0.1, 0.15) is 50.2 Å². The highest BCUT2D eigenvalue weighted by molar-refractivity contribution is 8.18. The van der Waals surface area contributed by atoms with Crippen LogP contribution in [0.15, 0.2) is 29.2 Å². The number of hydrogen-bond donors (Lipinski definition) is 0. The van der Waals surface area contributed by atoms with E-state index in [0.29, 0.717) is 17.5 Å². The molecular formula is C19H24N2O2S. The molecule has 0 atom stereocenters. The molecule has 24 heavy (non-hydrogen) atoms. The molecular weight excluding hydrogens is 320 g/mol. The number of hydrogen-bond acceptors (Lipinski definition) is 4. The van der Waals surface area contributed by atoms with E-state index in [9.17, 15) is 9.59 Å². The maximum atomic E-state index is 12.6. The van der Waals surface area contributed by atoms with Crippen LogP contribution in [-0.4, -0.2) is 40.7 Å². The van der Waals surface area contributed by atoms with E-state index in [1.165, 1.54) is 16.9 Å². The van der Waals surface area contributed by atoms with Gasteiger partial charge in [-0.1, -0.05) is 44.5 Å². The Hall–Kier alpha value is -1.59. The summed E-state index contributed by atoms with van der Waals surface area (Å²) in [6.07, 6.45) is 5.36. The summed E-state index contributed by atoms with van der Waals surface area (Å²) in [5, 5.41) is -0.157. The molecule has 3 rings (SSSR count). The minimum absolute atomic E-state index is 0.157. The molecule has 0 saturated carbocycles. The number of amides is 2. The Labute approximate surface area is 147 Å². The molecule has 0 unspecified atom stereocenters. The van der Waals surface area contributed by atoms with Gasteiger partial charge in [-0.15, -0.1) is 0 Å². The van der Waals surface area contributed by atoms with Gasteiger partial charge < -0.3 is 0 Å². The molecule has 1 aromatic carbocycles. The van der Waals surface area contributed by atoms with Crippen LogP contribution < -0.4 is 0 Å². The van der Waals surface area contributed by atoms with Gasteiger partial charge in [-0.2, -0.15) is 0 Å². The van der Waals surface area contributed by atoms with E-state index in [1.54, 1.807) is 0 Å². The van der Waals surface area contributed by atoms with E-state index in [4.69, 9.17) is 0 Å². The third-order valence-electron chi connectivity index (χ3n) is 4.56. The second kappa shape index (κ2) is 7.53. The van der Waals surface area contributed by atoms with Crippen LogP contribution in [-0.2, 0) is 4.79 Å². The fourth-order valence-electron chi connectivity index (χ4n) is 3.05. The lowest BCUT2D eigenvalue weighted by atomic mass is 10.0. The zero-order chi connectivity index (χ0) is 17.1. The van der Waals surface area contributed by atoms with Crippen molar-refractivity contribution in [2.75, 3.05) is 19.8 Å². The van der Waals surface area contributed by atoms with Crippen molar-refractivity contribution in [1.82, 2.24) is 9.80 Å². The zero-order valence-corrected chi connectivity index (χ0v) is 15.1. The number of benzene rings is 1. The Balaban J connectivity index is 1.70. The normalized spacial score (nSPS) is 21.3. The molecule has 128 valence electrons. The fraction of sp³-hybridized carbons (Fsp3) is 0.474. The third-order valence-corrected chi connectivity index (χ3v) is 5.47. The Morgan fingerprint density at radius 2 is 1.75 bits per heavy atom. The number of likely N-dealkylation sites (tertiary alicyclic amines) is 1. The number of thioether (sulfide) groups is 1. The lowest BCUT2D eigenvalue weighted by Gasteiger charge is -2.29. The summed E-state index contributed by atoms with van der Waals surface area (Å²) in [6.45, 7) is 6.67. The van der Waals surface area contributed by atoms with E-state index in [0.717, 1.165) is 43.3 Å². The van der Waals surface area contributed by atoms with Crippen LogP contribution in [0.5, 0.6) is 0 Å². The number of piperidine rings is 1. The van der Waals surface area contributed by atoms with Crippen LogP contribution >= 0.6 is 11.8 Å². The van der Waals surface area contributed by atoms with E-state index in [2.05, 4.69) is 30.9 Å². The van der Waals surface area contributed by atoms with Gasteiger partial charge in [-0.25, -0.2) is 0 Å².